The molecule has 0 rings (SSSR count). The molecule has 0 aromatic heterocycles. The minimum Gasteiger partial charge on any atom is -0.430 e. The first-order valence-electron chi connectivity index (χ1n) is 0.632. The maximum atomic E-state index is 7.12. The van der Waals surface area contributed by atoms with E-state index in [1.54, 1.807) is 0 Å². The molecule has 0 aromatic carbocycles. The van der Waals surface area contributed by atoms with Gasteiger partial charge in [-0.3, -0.25) is 0 Å². The van der Waals surface area contributed by atoms with Gasteiger partial charge in [0, 0.05) is 0 Å². The van der Waals surface area contributed by atoms with E-state index in [2.05, 4.69) is 0 Å². The van der Waals surface area contributed by atoms with E-state index in [9.17, 15) is 0 Å². The van der Waals surface area contributed by atoms with Gasteiger partial charge < -0.3 is 10.0 Å². The molecule has 0 aliphatic carbocycles. The summed E-state index contributed by atoms with van der Waals surface area (Å²) in [5.74, 6) is 0. The maximum Gasteiger partial charge on any atom is 0.432 e. The zero-order chi connectivity index (χ0) is 2.71. The van der Waals surface area contributed by atoms with Crippen LogP contribution in [0.1, 0.15) is 0 Å². The zero-order valence-electron chi connectivity index (χ0n) is 1.60. The lowest BCUT2D eigenvalue weighted by molar-refractivity contribution is 0.448. The van der Waals surface area contributed by atoms with E-state index in [4.69, 9.17) is 10.0 Å². The highest BCUT2D eigenvalue weighted by atomic mass is 28.1. The van der Waals surface area contributed by atoms with Gasteiger partial charge in [0.05, 0.1) is 0 Å². The molecule has 2 N–H and O–H groups in total. The molecule has 0 aromatic rings. The molecule has 4 heavy (non-hydrogen) atoms. The molecule has 0 fully saturated rings. The lowest BCUT2D eigenvalue weighted by atomic mass is 10.5. The summed E-state index contributed by atoms with van der Waals surface area (Å²) in [6, 6.07) is 0. The first-order chi connectivity index (χ1) is 1.41. The van der Waals surface area contributed by atoms with Crippen LogP contribution in [-0.4, -0.2) is 28.7 Å². The van der Waals surface area contributed by atoms with Crippen molar-refractivity contribution in [2.75, 3.05) is 0 Å². The fourth-order valence-electron chi connectivity index (χ4n) is 0. The Kier molecular flexibility index (Phi) is 23.9. The van der Waals surface area contributed by atoms with E-state index in [0.29, 0.717) is 0 Å². The van der Waals surface area contributed by atoms with E-state index < -0.39 is 7.69 Å². The zero-order valence-corrected chi connectivity index (χ0v) is 1.60. The van der Waals surface area contributed by atoms with Crippen molar-refractivity contribution >= 4 is 18.7 Å². The molecule has 0 unspecified atom stereocenters. The Labute approximate surface area is 29.8 Å². The first-order valence-corrected chi connectivity index (χ1v) is 0.632. The summed E-state index contributed by atoms with van der Waals surface area (Å²) in [5, 5.41) is 14.2. The van der Waals surface area contributed by atoms with Crippen LogP contribution < -0.4 is 0 Å². The number of hydrogen-bond acceptors (Lipinski definition) is 2. The van der Waals surface area contributed by atoms with Gasteiger partial charge in [0.2, 0.25) is 0 Å². The fourth-order valence-corrected chi connectivity index (χ4v) is 0. The molecule has 0 spiro atoms. The SMILES string of the molecule is OBO.[SiH4]. The third-order valence-corrected chi connectivity index (χ3v) is 0. The van der Waals surface area contributed by atoms with Crippen molar-refractivity contribution in [3.63, 3.8) is 0 Å². The Morgan fingerprint density at radius 3 is 1.25 bits per heavy atom. The van der Waals surface area contributed by atoms with Gasteiger partial charge in [-0.15, -0.1) is 0 Å². The molecule has 0 aliphatic heterocycles. The normalized spacial score (nSPS) is 3.50. The lowest BCUT2D eigenvalue weighted by Gasteiger charge is -1.48. The van der Waals surface area contributed by atoms with Gasteiger partial charge in [0.25, 0.3) is 0 Å². The van der Waals surface area contributed by atoms with Crippen molar-refractivity contribution in [3.8, 4) is 0 Å². The number of rotatable bonds is 0. The van der Waals surface area contributed by atoms with Crippen LogP contribution in [0.3, 0.4) is 0 Å². The summed E-state index contributed by atoms with van der Waals surface area (Å²) >= 11 is 0. The topological polar surface area (TPSA) is 40.5 Å². The van der Waals surface area contributed by atoms with Gasteiger partial charge in [0.1, 0.15) is 0 Å². The Balaban J connectivity index is 0. The molecule has 0 atom stereocenters. The summed E-state index contributed by atoms with van der Waals surface area (Å²) in [4.78, 5) is 0. The van der Waals surface area contributed by atoms with Crippen molar-refractivity contribution in [3.05, 3.63) is 0 Å². The standard InChI is InChI=1S/BH3O2.H4Si/c2-1-3;/h1-3H;1H4. The van der Waals surface area contributed by atoms with Gasteiger partial charge in [-0.1, -0.05) is 0 Å². The predicted octanol–water partition coefficient (Wildman–Crippen LogP) is -3.21. The summed E-state index contributed by atoms with van der Waals surface area (Å²) in [6.45, 7) is 0. The van der Waals surface area contributed by atoms with Gasteiger partial charge >= 0.3 is 7.69 Å². The van der Waals surface area contributed by atoms with Crippen LogP contribution in [0.4, 0.5) is 0 Å². The monoisotopic (exact) mass is 78.0 g/mol. The lowest BCUT2D eigenvalue weighted by Crippen LogP contribution is -1.75. The van der Waals surface area contributed by atoms with Crippen LogP contribution in [0.25, 0.3) is 0 Å². The van der Waals surface area contributed by atoms with Crippen LogP contribution in [0.2, 0.25) is 0 Å². The summed E-state index contributed by atoms with van der Waals surface area (Å²) in [7, 11) is -0.750. The third-order valence-electron chi connectivity index (χ3n) is 0. The smallest absolute Gasteiger partial charge is 0.430 e. The van der Waals surface area contributed by atoms with E-state index in [0.717, 1.165) is 0 Å². The molecule has 0 amide bonds. The molecular weight excluding hydrogens is 70.9 g/mol. The Bertz CT molecular complexity index is 6.00. The molecule has 2 nitrogen and oxygen atoms in total. The first kappa shape index (κ1) is 8.89. The van der Waals surface area contributed by atoms with Crippen molar-refractivity contribution in [1.29, 1.82) is 0 Å². The third kappa shape index (κ3) is 78.1. The van der Waals surface area contributed by atoms with Crippen LogP contribution in [0, 0.1) is 0 Å². The van der Waals surface area contributed by atoms with Crippen LogP contribution >= 0.6 is 0 Å². The van der Waals surface area contributed by atoms with Crippen LogP contribution in [0.15, 0.2) is 0 Å². The average Bonchev–Trinajstić information content (AvgIpc) is 0.918. The van der Waals surface area contributed by atoms with E-state index in [1.807, 2.05) is 0 Å². The molecule has 26 valence electrons. The number of hydrogen-bond donors (Lipinski definition) is 2. The summed E-state index contributed by atoms with van der Waals surface area (Å²) in [6.07, 6.45) is 0. The molecule has 0 heterocycles. The second kappa shape index (κ2) is 10.7. The summed E-state index contributed by atoms with van der Waals surface area (Å²) in [5.41, 5.74) is 0. The highest BCUT2D eigenvalue weighted by Gasteiger charge is 1.48. The Hall–Kier alpha value is 0.202. The van der Waals surface area contributed by atoms with Crippen LogP contribution in [-0.2, 0) is 0 Å². The van der Waals surface area contributed by atoms with Crippen molar-refractivity contribution in [2.24, 2.45) is 0 Å². The van der Waals surface area contributed by atoms with Crippen molar-refractivity contribution in [1.82, 2.24) is 0 Å². The second-order valence-electron chi connectivity index (χ2n) is 0.141. The van der Waals surface area contributed by atoms with Gasteiger partial charge in [0.15, 0.2) is 0 Å². The van der Waals surface area contributed by atoms with E-state index in [1.165, 1.54) is 0 Å². The van der Waals surface area contributed by atoms with E-state index in [-0.39, 0.29) is 11.0 Å². The highest BCUT2D eigenvalue weighted by Crippen LogP contribution is 1.08. The Morgan fingerprint density at radius 2 is 1.25 bits per heavy atom. The van der Waals surface area contributed by atoms with Gasteiger partial charge in [-0.25, -0.2) is 0 Å². The second-order valence-corrected chi connectivity index (χ2v) is 0.141. The molecular formula is H7BO2Si. The van der Waals surface area contributed by atoms with Crippen molar-refractivity contribution in [2.45, 2.75) is 0 Å². The predicted molar refractivity (Wildman–Crippen MR) is 22.9 cm³/mol. The maximum absolute atomic E-state index is 7.12. The molecule has 0 bridgehead atoms. The Morgan fingerprint density at radius 1 is 1.25 bits per heavy atom. The molecule has 0 aliphatic rings. The average molecular weight is 78.0 g/mol. The van der Waals surface area contributed by atoms with E-state index >= 15 is 0 Å². The van der Waals surface area contributed by atoms with Gasteiger partial charge in [-0.2, -0.15) is 0 Å². The molecule has 0 radical (unpaired) electrons. The highest BCUT2D eigenvalue weighted by molar-refractivity contribution is 6.13. The largest absolute Gasteiger partial charge is 0.432 e. The fraction of sp³-hybridized carbons (Fsp3) is 0. The summed E-state index contributed by atoms with van der Waals surface area (Å²) < 4.78 is 0. The quantitative estimate of drug-likeness (QED) is 0.299. The minimum atomic E-state index is -0.750. The van der Waals surface area contributed by atoms with Crippen LogP contribution in [0.5, 0.6) is 0 Å². The molecule has 4 heteroatoms. The molecule has 0 saturated carbocycles. The van der Waals surface area contributed by atoms with Gasteiger partial charge in [-0.05, 0) is 11.0 Å². The minimum absolute atomic E-state index is 0. The molecule has 0 saturated heterocycles. The van der Waals surface area contributed by atoms with Crippen molar-refractivity contribution < 1.29 is 10.0 Å².